The molecule has 8 heteroatoms. The Kier molecular flexibility index (Phi) is 6.05. The van der Waals surface area contributed by atoms with Crippen molar-refractivity contribution in [1.29, 1.82) is 0 Å². The average Bonchev–Trinajstić information content (AvgIpc) is 2.64. The third-order valence-electron chi connectivity index (χ3n) is 3.61. The number of hydrogen-bond acceptors (Lipinski definition) is 6. The molecule has 2 aromatic rings. The molecule has 0 saturated carbocycles. The number of hydrogen-bond donors (Lipinski definition) is 2. The number of nitro groups is 1. The smallest absolute Gasteiger partial charge is 0.339 e. The van der Waals surface area contributed by atoms with Crippen molar-refractivity contribution < 1.29 is 24.8 Å². The number of carbonyl (C=O) groups is 1. The number of rotatable bonds is 7. The first-order valence-electron chi connectivity index (χ1n) is 7.48. The molecule has 0 aliphatic rings. The largest absolute Gasteiger partial charge is 0.503 e. The van der Waals surface area contributed by atoms with Gasteiger partial charge < -0.3 is 15.1 Å². The van der Waals surface area contributed by atoms with Crippen LogP contribution in [0.5, 0.6) is 0 Å². The highest BCUT2D eigenvalue weighted by molar-refractivity contribution is 6.19. The first-order chi connectivity index (χ1) is 12.5. The van der Waals surface area contributed by atoms with E-state index in [2.05, 4.69) is 5.16 Å². The second-order valence-corrected chi connectivity index (χ2v) is 5.27. The maximum absolute atomic E-state index is 11.5. The van der Waals surface area contributed by atoms with Gasteiger partial charge in [0.1, 0.15) is 5.57 Å². The lowest BCUT2D eigenvalue weighted by molar-refractivity contribution is -0.384. The molecule has 2 aromatic carbocycles. The summed E-state index contributed by atoms with van der Waals surface area (Å²) in [6.07, 6.45) is 1.17. The van der Waals surface area contributed by atoms with Gasteiger partial charge in [0.05, 0.1) is 24.0 Å². The molecule has 0 atom stereocenters. The summed E-state index contributed by atoms with van der Waals surface area (Å²) in [4.78, 5) is 21.9. The van der Waals surface area contributed by atoms with Crippen LogP contribution in [0.15, 0.2) is 59.9 Å². The van der Waals surface area contributed by atoms with Crippen molar-refractivity contribution in [3.63, 3.8) is 0 Å². The number of aliphatic carboxylic acids is 1. The Morgan fingerprint density at radius 1 is 1.23 bits per heavy atom. The predicted molar refractivity (Wildman–Crippen MR) is 94.2 cm³/mol. The Morgan fingerprint density at radius 3 is 2.50 bits per heavy atom. The molecule has 0 bridgehead atoms. The topological polar surface area (TPSA) is 122 Å². The summed E-state index contributed by atoms with van der Waals surface area (Å²) in [6.45, 7) is 0. The summed E-state index contributed by atoms with van der Waals surface area (Å²) in [5.41, 5.74) is 1.22. The number of ether oxygens (including phenoxy) is 1. The SMILES string of the molecule is CO/C=C(/C(=O)O)c1ccccc1/C(Cc1cccc([N+](=O)[O-])c1)=N\O. The molecule has 0 aromatic heterocycles. The molecule has 2 N–H and O–H groups in total. The van der Waals surface area contributed by atoms with E-state index in [-0.39, 0.29) is 23.4 Å². The van der Waals surface area contributed by atoms with Crippen molar-refractivity contribution in [3.05, 3.63) is 81.6 Å². The van der Waals surface area contributed by atoms with Gasteiger partial charge in [-0.15, -0.1) is 0 Å². The highest BCUT2D eigenvalue weighted by atomic mass is 16.6. The zero-order valence-electron chi connectivity index (χ0n) is 13.8. The molecule has 0 radical (unpaired) electrons. The number of oxime groups is 1. The van der Waals surface area contributed by atoms with E-state index in [0.717, 1.165) is 6.26 Å². The fourth-order valence-electron chi connectivity index (χ4n) is 2.47. The molecule has 0 amide bonds. The molecular formula is C18H16N2O6. The molecule has 0 saturated heterocycles. The molecular weight excluding hydrogens is 340 g/mol. The highest BCUT2D eigenvalue weighted by Crippen LogP contribution is 2.23. The standard InChI is InChI=1S/C18H16N2O6/c1-26-11-16(18(21)22)14-7-2-3-8-15(14)17(19-23)10-12-5-4-6-13(9-12)20(24)25/h2-9,11,23H,10H2,1H3,(H,21,22)/b16-11+,19-17-. The summed E-state index contributed by atoms with van der Waals surface area (Å²) in [5, 5.41) is 33.0. The van der Waals surface area contributed by atoms with Crippen molar-refractivity contribution in [3.8, 4) is 0 Å². The molecule has 0 fully saturated rings. The summed E-state index contributed by atoms with van der Waals surface area (Å²) < 4.78 is 4.83. The highest BCUT2D eigenvalue weighted by Gasteiger charge is 2.19. The first kappa shape index (κ1) is 18.7. The van der Waals surface area contributed by atoms with Crippen LogP contribution in [0.1, 0.15) is 16.7 Å². The van der Waals surface area contributed by atoms with Crippen molar-refractivity contribution in [2.45, 2.75) is 6.42 Å². The lowest BCUT2D eigenvalue weighted by Gasteiger charge is -2.12. The first-order valence-corrected chi connectivity index (χ1v) is 7.48. The summed E-state index contributed by atoms with van der Waals surface area (Å²) in [6, 6.07) is 12.4. The van der Waals surface area contributed by atoms with Gasteiger partial charge in [-0.25, -0.2) is 4.79 Å². The quantitative estimate of drug-likeness (QED) is 0.196. The van der Waals surface area contributed by atoms with Gasteiger partial charge in [0.25, 0.3) is 5.69 Å². The van der Waals surface area contributed by atoms with Gasteiger partial charge in [-0.2, -0.15) is 0 Å². The molecule has 0 aliphatic carbocycles. The molecule has 134 valence electrons. The molecule has 0 aliphatic heterocycles. The zero-order valence-corrected chi connectivity index (χ0v) is 13.8. The summed E-state index contributed by atoms with van der Waals surface area (Å²) in [5.74, 6) is -1.20. The van der Waals surface area contributed by atoms with E-state index in [9.17, 15) is 25.2 Å². The maximum atomic E-state index is 11.5. The third kappa shape index (κ3) is 4.23. The lowest BCUT2D eigenvalue weighted by Crippen LogP contribution is -2.11. The van der Waals surface area contributed by atoms with Crippen molar-refractivity contribution in [1.82, 2.24) is 0 Å². The predicted octanol–water partition coefficient (Wildman–Crippen LogP) is 3.09. The van der Waals surface area contributed by atoms with Gasteiger partial charge in [0.2, 0.25) is 0 Å². The van der Waals surface area contributed by atoms with E-state index in [1.54, 1.807) is 30.3 Å². The van der Waals surface area contributed by atoms with Crippen LogP contribution in [0.4, 0.5) is 5.69 Å². The van der Waals surface area contributed by atoms with E-state index in [4.69, 9.17) is 4.74 Å². The van der Waals surface area contributed by atoms with Gasteiger partial charge >= 0.3 is 5.97 Å². The van der Waals surface area contributed by atoms with Crippen LogP contribution in [0, 0.1) is 10.1 Å². The number of nitro benzene ring substituents is 1. The normalized spacial score (nSPS) is 11.9. The lowest BCUT2D eigenvalue weighted by atomic mass is 9.94. The monoisotopic (exact) mass is 356 g/mol. The van der Waals surface area contributed by atoms with E-state index in [1.165, 1.54) is 25.3 Å². The van der Waals surface area contributed by atoms with E-state index in [0.29, 0.717) is 16.7 Å². The molecule has 26 heavy (non-hydrogen) atoms. The van der Waals surface area contributed by atoms with Crippen molar-refractivity contribution in [2.24, 2.45) is 5.16 Å². The molecule has 2 rings (SSSR count). The molecule has 0 unspecified atom stereocenters. The Balaban J connectivity index is 2.46. The van der Waals surface area contributed by atoms with Crippen LogP contribution in [0.2, 0.25) is 0 Å². The second kappa shape index (κ2) is 8.43. The number of methoxy groups -OCH3 is 1. The van der Waals surface area contributed by atoms with Gasteiger partial charge in [-0.05, 0) is 5.56 Å². The van der Waals surface area contributed by atoms with E-state index < -0.39 is 10.9 Å². The Bertz CT molecular complexity index is 889. The number of non-ortho nitro benzene ring substituents is 1. The van der Waals surface area contributed by atoms with Crippen LogP contribution in [0.25, 0.3) is 5.57 Å². The number of benzene rings is 2. The minimum Gasteiger partial charge on any atom is -0.503 e. The van der Waals surface area contributed by atoms with Gasteiger partial charge in [-0.1, -0.05) is 41.6 Å². The Hall–Kier alpha value is -3.68. The van der Waals surface area contributed by atoms with Crippen LogP contribution in [-0.4, -0.2) is 34.0 Å². The number of nitrogens with zero attached hydrogens (tertiary/aromatic N) is 2. The number of carboxylic acids is 1. The Labute approximate surface area is 148 Å². The van der Waals surface area contributed by atoms with Crippen LogP contribution in [0.3, 0.4) is 0 Å². The fourth-order valence-corrected chi connectivity index (χ4v) is 2.47. The minimum atomic E-state index is -1.20. The molecule has 0 spiro atoms. The molecule has 0 heterocycles. The van der Waals surface area contributed by atoms with Crippen molar-refractivity contribution >= 4 is 22.9 Å². The third-order valence-corrected chi connectivity index (χ3v) is 3.61. The summed E-state index contributed by atoms with van der Waals surface area (Å²) in [7, 11) is 1.33. The minimum absolute atomic E-state index is 0.0784. The fraction of sp³-hybridized carbons (Fsp3) is 0.111. The van der Waals surface area contributed by atoms with Gasteiger partial charge in [0.15, 0.2) is 0 Å². The van der Waals surface area contributed by atoms with E-state index in [1.807, 2.05) is 0 Å². The van der Waals surface area contributed by atoms with Crippen LogP contribution < -0.4 is 0 Å². The van der Waals surface area contributed by atoms with Crippen LogP contribution >= 0.6 is 0 Å². The average molecular weight is 356 g/mol. The maximum Gasteiger partial charge on any atom is 0.339 e. The summed E-state index contributed by atoms with van der Waals surface area (Å²) >= 11 is 0. The van der Waals surface area contributed by atoms with Gasteiger partial charge in [0, 0.05) is 29.7 Å². The van der Waals surface area contributed by atoms with E-state index >= 15 is 0 Å². The second-order valence-electron chi connectivity index (χ2n) is 5.27. The Morgan fingerprint density at radius 2 is 1.92 bits per heavy atom. The van der Waals surface area contributed by atoms with Crippen molar-refractivity contribution in [2.75, 3.05) is 7.11 Å². The zero-order chi connectivity index (χ0) is 19.1. The molecule has 8 nitrogen and oxygen atoms in total. The van der Waals surface area contributed by atoms with Crippen LogP contribution in [-0.2, 0) is 16.0 Å². The number of carboxylic acid groups (broad SMARTS) is 1. The van der Waals surface area contributed by atoms with Gasteiger partial charge in [-0.3, -0.25) is 10.1 Å².